The summed E-state index contributed by atoms with van der Waals surface area (Å²) in [7, 11) is 0. The Morgan fingerprint density at radius 1 is 1.10 bits per heavy atom. The van der Waals surface area contributed by atoms with E-state index in [9.17, 15) is 9.59 Å². The van der Waals surface area contributed by atoms with E-state index in [4.69, 9.17) is 27.9 Å². The molecule has 1 atom stereocenters. The number of carbonyl (C=O) groups excluding carboxylic acids is 2. The zero-order valence-corrected chi connectivity index (χ0v) is 19.8. The van der Waals surface area contributed by atoms with Crippen LogP contribution in [-0.4, -0.2) is 35.9 Å². The first-order valence-electron chi connectivity index (χ1n) is 10.6. The summed E-state index contributed by atoms with van der Waals surface area (Å²) < 4.78 is 5.69. The summed E-state index contributed by atoms with van der Waals surface area (Å²) in [4.78, 5) is 27.2. The molecule has 2 aromatic rings. The van der Waals surface area contributed by atoms with Crippen LogP contribution in [0.5, 0.6) is 5.75 Å². The van der Waals surface area contributed by atoms with E-state index in [0.717, 1.165) is 19.3 Å². The summed E-state index contributed by atoms with van der Waals surface area (Å²) in [5.41, 5.74) is 1.90. The Hall–Kier alpha value is -2.24. The van der Waals surface area contributed by atoms with Gasteiger partial charge in [-0.2, -0.15) is 0 Å². The molecule has 0 radical (unpaired) electrons. The first-order chi connectivity index (χ1) is 14.8. The predicted molar refractivity (Wildman–Crippen MR) is 126 cm³/mol. The van der Waals surface area contributed by atoms with Gasteiger partial charge in [0.25, 0.3) is 5.91 Å². The zero-order chi connectivity index (χ0) is 22.8. The van der Waals surface area contributed by atoms with Gasteiger partial charge in [0.1, 0.15) is 11.8 Å². The first kappa shape index (κ1) is 25.0. The minimum Gasteiger partial charge on any atom is -0.484 e. The average Bonchev–Trinajstić information content (AvgIpc) is 2.77. The molecule has 0 bridgehead atoms. The zero-order valence-electron chi connectivity index (χ0n) is 18.3. The SMILES string of the molecule is CCCCNC(=O)C(C)N(Cc1ccc(Cl)cc1Cl)C(=O)COc1ccc(CC)cc1. The summed E-state index contributed by atoms with van der Waals surface area (Å²) in [5, 5.41) is 3.84. The molecule has 0 aliphatic rings. The summed E-state index contributed by atoms with van der Waals surface area (Å²) in [6.45, 7) is 6.41. The van der Waals surface area contributed by atoms with Gasteiger partial charge in [0.05, 0.1) is 0 Å². The molecule has 0 saturated heterocycles. The molecule has 0 spiro atoms. The van der Waals surface area contributed by atoms with Crippen LogP contribution in [0.15, 0.2) is 42.5 Å². The molecule has 5 nitrogen and oxygen atoms in total. The summed E-state index contributed by atoms with van der Waals surface area (Å²) in [5.74, 6) is 0.0954. The Labute approximate surface area is 194 Å². The van der Waals surface area contributed by atoms with Gasteiger partial charge in [-0.05, 0) is 55.2 Å². The number of amides is 2. The lowest BCUT2D eigenvalue weighted by atomic mass is 10.1. The lowest BCUT2D eigenvalue weighted by Crippen LogP contribution is -2.49. The highest BCUT2D eigenvalue weighted by atomic mass is 35.5. The number of hydrogen-bond acceptors (Lipinski definition) is 3. The highest BCUT2D eigenvalue weighted by molar-refractivity contribution is 6.35. The molecule has 2 amide bonds. The fraction of sp³-hybridized carbons (Fsp3) is 0.417. The van der Waals surface area contributed by atoms with Crippen LogP contribution in [0, 0.1) is 0 Å². The molecule has 0 aliphatic carbocycles. The van der Waals surface area contributed by atoms with E-state index in [1.807, 2.05) is 24.3 Å². The van der Waals surface area contributed by atoms with Gasteiger partial charge >= 0.3 is 0 Å². The highest BCUT2D eigenvalue weighted by Crippen LogP contribution is 2.23. The van der Waals surface area contributed by atoms with Crippen molar-refractivity contribution in [2.45, 2.75) is 52.6 Å². The van der Waals surface area contributed by atoms with Crippen molar-refractivity contribution in [3.05, 3.63) is 63.6 Å². The molecule has 2 rings (SSSR count). The maximum absolute atomic E-state index is 13.0. The standard InChI is InChI=1S/C24H30Cl2N2O3/c1-4-6-13-27-24(30)17(3)28(15-19-9-10-20(25)14-22(19)26)23(29)16-31-21-11-7-18(5-2)8-12-21/h7-12,14,17H,4-6,13,15-16H2,1-3H3,(H,27,30). The number of hydrogen-bond donors (Lipinski definition) is 1. The van der Waals surface area contributed by atoms with Crippen LogP contribution in [0.3, 0.4) is 0 Å². The fourth-order valence-electron chi connectivity index (χ4n) is 3.00. The van der Waals surface area contributed by atoms with Gasteiger partial charge in [-0.25, -0.2) is 0 Å². The Kier molecular flexibility index (Phi) is 10.2. The van der Waals surface area contributed by atoms with Crippen molar-refractivity contribution in [3.8, 4) is 5.75 Å². The van der Waals surface area contributed by atoms with Gasteiger partial charge in [0.2, 0.25) is 5.91 Å². The summed E-state index contributed by atoms with van der Waals surface area (Å²) >= 11 is 12.3. The second kappa shape index (κ2) is 12.6. The van der Waals surface area contributed by atoms with Gasteiger partial charge in [0.15, 0.2) is 6.61 Å². The molecule has 0 fully saturated rings. The van der Waals surface area contributed by atoms with Crippen molar-refractivity contribution in [1.82, 2.24) is 10.2 Å². The fourth-order valence-corrected chi connectivity index (χ4v) is 3.47. The number of aryl methyl sites for hydroxylation is 1. The van der Waals surface area contributed by atoms with Crippen molar-refractivity contribution >= 4 is 35.0 Å². The number of carbonyl (C=O) groups is 2. The quantitative estimate of drug-likeness (QED) is 0.460. The van der Waals surface area contributed by atoms with Crippen LogP contribution in [0.25, 0.3) is 0 Å². The van der Waals surface area contributed by atoms with E-state index < -0.39 is 6.04 Å². The molecule has 31 heavy (non-hydrogen) atoms. The lowest BCUT2D eigenvalue weighted by Gasteiger charge is -2.29. The summed E-state index contributed by atoms with van der Waals surface area (Å²) in [6.07, 6.45) is 2.79. The molecule has 7 heteroatoms. The third kappa shape index (κ3) is 7.75. The van der Waals surface area contributed by atoms with Gasteiger partial charge in [-0.1, -0.05) is 61.7 Å². The van der Waals surface area contributed by atoms with Gasteiger partial charge in [0, 0.05) is 23.1 Å². The van der Waals surface area contributed by atoms with E-state index in [1.165, 1.54) is 10.5 Å². The second-order valence-electron chi connectivity index (χ2n) is 7.36. The third-order valence-corrected chi connectivity index (χ3v) is 5.63. The maximum Gasteiger partial charge on any atom is 0.261 e. The molecular weight excluding hydrogens is 435 g/mol. The normalized spacial score (nSPS) is 11.6. The molecule has 1 N–H and O–H groups in total. The molecule has 168 valence electrons. The predicted octanol–water partition coefficient (Wildman–Crippen LogP) is 5.27. The van der Waals surface area contributed by atoms with E-state index in [-0.39, 0.29) is 25.0 Å². The van der Waals surface area contributed by atoms with Crippen LogP contribution in [0.1, 0.15) is 44.7 Å². The van der Waals surface area contributed by atoms with Crippen molar-refractivity contribution in [3.63, 3.8) is 0 Å². The molecule has 0 aliphatic heterocycles. The molecule has 2 aromatic carbocycles. The molecular formula is C24H30Cl2N2O3. The van der Waals surface area contributed by atoms with Gasteiger partial charge in [-0.15, -0.1) is 0 Å². The lowest BCUT2D eigenvalue weighted by molar-refractivity contribution is -0.142. The monoisotopic (exact) mass is 464 g/mol. The van der Waals surface area contributed by atoms with Gasteiger partial charge in [-0.3, -0.25) is 9.59 Å². The van der Waals surface area contributed by atoms with Crippen LogP contribution in [0.2, 0.25) is 10.0 Å². The number of nitrogens with one attached hydrogen (secondary N) is 1. The van der Waals surface area contributed by atoms with Crippen LogP contribution in [0.4, 0.5) is 0 Å². The van der Waals surface area contributed by atoms with Crippen molar-refractivity contribution in [2.75, 3.05) is 13.2 Å². The largest absolute Gasteiger partial charge is 0.484 e. The number of benzene rings is 2. The smallest absolute Gasteiger partial charge is 0.261 e. The minimum absolute atomic E-state index is 0.176. The van der Waals surface area contributed by atoms with E-state index in [1.54, 1.807) is 25.1 Å². The minimum atomic E-state index is -0.679. The molecule has 0 aromatic heterocycles. The van der Waals surface area contributed by atoms with Crippen molar-refractivity contribution < 1.29 is 14.3 Å². The number of halogens is 2. The number of ether oxygens (including phenoxy) is 1. The Balaban J connectivity index is 2.14. The first-order valence-corrected chi connectivity index (χ1v) is 11.3. The third-order valence-electron chi connectivity index (χ3n) is 5.05. The Bertz CT molecular complexity index is 872. The number of nitrogens with zero attached hydrogens (tertiary/aromatic N) is 1. The van der Waals surface area contributed by atoms with E-state index in [2.05, 4.69) is 19.2 Å². The Morgan fingerprint density at radius 2 is 1.81 bits per heavy atom. The van der Waals surface area contributed by atoms with Crippen LogP contribution >= 0.6 is 23.2 Å². The van der Waals surface area contributed by atoms with E-state index in [0.29, 0.717) is 27.9 Å². The summed E-state index contributed by atoms with van der Waals surface area (Å²) in [6, 6.07) is 12.0. The topological polar surface area (TPSA) is 58.6 Å². The van der Waals surface area contributed by atoms with Gasteiger partial charge < -0.3 is 15.0 Å². The van der Waals surface area contributed by atoms with E-state index >= 15 is 0 Å². The number of rotatable bonds is 11. The number of unbranched alkanes of at least 4 members (excludes halogenated alkanes) is 1. The van der Waals surface area contributed by atoms with Crippen LogP contribution in [-0.2, 0) is 22.6 Å². The average molecular weight is 465 g/mol. The molecule has 1 unspecified atom stereocenters. The van der Waals surface area contributed by atoms with Crippen molar-refractivity contribution in [1.29, 1.82) is 0 Å². The Morgan fingerprint density at radius 3 is 2.42 bits per heavy atom. The molecule has 0 heterocycles. The molecule has 0 saturated carbocycles. The van der Waals surface area contributed by atoms with Crippen molar-refractivity contribution in [2.24, 2.45) is 0 Å². The maximum atomic E-state index is 13.0. The second-order valence-corrected chi connectivity index (χ2v) is 8.21. The van der Waals surface area contributed by atoms with Crippen LogP contribution < -0.4 is 10.1 Å². The highest BCUT2D eigenvalue weighted by Gasteiger charge is 2.27.